The highest BCUT2D eigenvalue weighted by molar-refractivity contribution is 9.10. The summed E-state index contributed by atoms with van der Waals surface area (Å²) in [6.07, 6.45) is 1.01. The zero-order valence-electron chi connectivity index (χ0n) is 15.0. The molecule has 1 aromatic heterocycles. The van der Waals surface area contributed by atoms with Crippen LogP contribution < -0.4 is 10.2 Å². The number of hydrogen-bond donors (Lipinski definition) is 2. The summed E-state index contributed by atoms with van der Waals surface area (Å²) in [6, 6.07) is 8.47. The highest BCUT2D eigenvalue weighted by Crippen LogP contribution is 2.26. The summed E-state index contributed by atoms with van der Waals surface area (Å²) in [5.74, 6) is 1.82. The normalized spacial score (nSPS) is 15.2. The van der Waals surface area contributed by atoms with Gasteiger partial charge in [0.1, 0.15) is 5.82 Å². The molecule has 0 aliphatic carbocycles. The number of halogens is 1. The standard InChI is InChI=1S/C19H25BrN4O/c1-12(2)17(11-25)22-19-21-13(3)8-18(23-19)24-7-6-14-4-5-16(20)9-15(14)10-24/h4-5,8-9,12,17,25H,6-7,10-11H2,1-3H3,(H,21,22,23)/t17-/m0/s1. The van der Waals surface area contributed by atoms with Crippen LogP contribution in [0, 0.1) is 12.8 Å². The number of nitrogens with one attached hydrogen (secondary N) is 1. The first-order chi connectivity index (χ1) is 12.0. The van der Waals surface area contributed by atoms with Crippen molar-refractivity contribution in [1.82, 2.24) is 9.97 Å². The SMILES string of the molecule is Cc1cc(N2CCc3ccc(Br)cc3C2)nc(N[C@@H](CO)C(C)C)n1. The molecule has 2 N–H and O–H groups in total. The summed E-state index contributed by atoms with van der Waals surface area (Å²) in [5.41, 5.74) is 3.67. The lowest BCUT2D eigenvalue weighted by atomic mass is 10.00. The number of aryl methyl sites for hydroxylation is 1. The fourth-order valence-corrected chi connectivity index (χ4v) is 3.50. The van der Waals surface area contributed by atoms with E-state index in [4.69, 9.17) is 4.98 Å². The number of fused-ring (bicyclic) bond motifs is 1. The Labute approximate surface area is 157 Å². The Morgan fingerprint density at radius 1 is 1.24 bits per heavy atom. The number of rotatable bonds is 5. The van der Waals surface area contributed by atoms with Crippen molar-refractivity contribution in [3.8, 4) is 0 Å². The fraction of sp³-hybridized carbons (Fsp3) is 0.474. The van der Waals surface area contributed by atoms with E-state index in [1.54, 1.807) is 0 Å². The summed E-state index contributed by atoms with van der Waals surface area (Å²) in [4.78, 5) is 11.5. The van der Waals surface area contributed by atoms with E-state index >= 15 is 0 Å². The molecule has 0 bridgehead atoms. The first kappa shape index (κ1) is 18.1. The maximum absolute atomic E-state index is 9.55. The molecule has 134 valence electrons. The Hall–Kier alpha value is -1.66. The van der Waals surface area contributed by atoms with Crippen LogP contribution in [0.1, 0.15) is 30.7 Å². The lowest BCUT2D eigenvalue weighted by molar-refractivity contribution is 0.248. The Morgan fingerprint density at radius 3 is 2.76 bits per heavy atom. The van der Waals surface area contributed by atoms with Gasteiger partial charge in [-0.15, -0.1) is 0 Å². The van der Waals surface area contributed by atoms with Crippen LogP contribution in [0.15, 0.2) is 28.7 Å². The Bertz CT molecular complexity index is 750. The van der Waals surface area contributed by atoms with Gasteiger partial charge in [-0.25, -0.2) is 4.98 Å². The maximum Gasteiger partial charge on any atom is 0.225 e. The molecule has 1 atom stereocenters. The van der Waals surface area contributed by atoms with Gasteiger partial charge < -0.3 is 15.3 Å². The second-order valence-corrected chi connectivity index (χ2v) is 7.87. The van der Waals surface area contributed by atoms with Crippen molar-refractivity contribution in [2.45, 2.75) is 39.8 Å². The molecule has 1 aliphatic heterocycles. The Kier molecular flexibility index (Phi) is 5.59. The van der Waals surface area contributed by atoms with Gasteiger partial charge in [-0.05, 0) is 42.5 Å². The molecule has 1 aliphatic rings. The molecule has 0 amide bonds. The predicted molar refractivity (Wildman–Crippen MR) is 105 cm³/mol. The van der Waals surface area contributed by atoms with E-state index in [0.29, 0.717) is 11.9 Å². The molecule has 0 unspecified atom stereocenters. The van der Waals surface area contributed by atoms with E-state index in [2.05, 4.69) is 63.2 Å². The van der Waals surface area contributed by atoms with Crippen LogP contribution in [0.3, 0.4) is 0 Å². The minimum absolute atomic E-state index is 0.0484. The van der Waals surface area contributed by atoms with Crippen LogP contribution in [-0.2, 0) is 13.0 Å². The van der Waals surface area contributed by atoms with E-state index in [0.717, 1.165) is 35.5 Å². The molecular weight excluding hydrogens is 380 g/mol. The van der Waals surface area contributed by atoms with Gasteiger partial charge in [0.2, 0.25) is 5.95 Å². The zero-order valence-corrected chi connectivity index (χ0v) is 16.5. The molecule has 2 heterocycles. The Balaban J connectivity index is 1.83. The summed E-state index contributed by atoms with van der Waals surface area (Å²) in [5, 5.41) is 12.8. The second-order valence-electron chi connectivity index (χ2n) is 6.95. The van der Waals surface area contributed by atoms with Crippen LogP contribution in [0.2, 0.25) is 0 Å². The number of aliphatic hydroxyl groups is 1. The molecule has 0 saturated heterocycles. The van der Waals surface area contributed by atoms with Crippen LogP contribution in [0.4, 0.5) is 11.8 Å². The van der Waals surface area contributed by atoms with Gasteiger partial charge in [0.15, 0.2) is 0 Å². The van der Waals surface area contributed by atoms with E-state index in [1.165, 1.54) is 11.1 Å². The van der Waals surface area contributed by atoms with Gasteiger partial charge in [-0.1, -0.05) is 35.8 Å². The second kappa shape index (κ2) is 7.70. The smallest absolute Gasteiger partial charge is 0.225 e. The highest BCUT2D eigenvalue weighted by atomic mass is 79.9. The average molecular weight is 405 g/mol. The topological polar surface area (TPSA) is 61.3 Å². The van der Waals surface area contributed by atoms with Crippen molar-refractivity contribution >= 4 is 27.7 Å². The minimum Gasteiger partial charge on any atom is -0.394 e. The predicted octanol–water partition coefficient (Wildman–Crippen LogP) is 3.54. The van der Waals surface area contributed by atoms with E-state index < -0.39 is 0 Å². The third kappa shape index (κ3) is 4.30. The zero-order chi connectivity index (χ0) is 18.0. The molecular formula is C19H25BrN4O. The molecule has 2 aromatic rings. The molecule has 5 nitrogen and oxygen atoms in total. The third-order valence-corrected chi connectivity index (χ3v) is 5.15. The van der Waals surface area contributed by atoms with Gasteiger partial charge in [-0.3, -0.25) is 0 Å². The van der Waals surface area contributed by atoms with E-state index in [1.807, 2.05) is 13.0 Å². The van der Waals surface area contributed by atoms with E-state index in [9.17, 15) is 5.11 Å². The molecule has 0 fully saturated rings. The van der Waals surface area contributed by atoms with Crippen molar-refractivity contribution in [2.24, 2.45) is 5.92 Å². The number of benzene rings is 1. The minimum atomic E-state index is -0.0484. The Morgan fingerprint density at radius 2 is 2.04 bits per heavy atom. The van der Waals surface area contributed by atoms with Crippen LogP contribution in [0.5, 0.6) is 0 Å². The first-order valence-corrected chi connectivity index (χ1v) is 9.51. The lowest BCUT2D eigenvalue weighted by Gasteiger charge is -2.30. The molecule has 1 aromatic carbocycles. The van der Waals surface area contributed by atoms with Gasteiger partial charge in [0.25, 0.3) is 0 Å². The number of hydrogen-bond acceptors (Lipinski definition) is 5. The van der Waals surface area contributed by atoms with Crippen molar-refractivity contribution < 1.29 is 5.11 Å². The lowest BCUT2D eigenvalue weighted by Crippen LogP contribution is -2.33. The quantitative estimate of drug-likeness (QED) is 0.797. The van der Waals surface area contributed by atoms with Crippen molar-refractivity contribution in [2.75, 3.05) is 23.4 Å². The third-order valence-electron chi connectivity index (χ3n) is 4.66. The summed E-state index contributed by atoms with van der Waals surface area (Å²) in [6.45, 7) is 7.98. The van der Waals surface area contributed by atoms with Crippen LogP contribution >= 0.6 is 15.9 Å². The summed E-state index contributed by atoms with van der Waals surface area (Å²) >= 11 is 3.56. The van der Waals surface area contributed by atoms with Crippen molar-refractivity contribution in [1.29, 1.82) is 0 Å². The molecule has 0 saturated carbocycles. The molecule has 0 radical (unpaired) electrons. The van der Waals surface area contributed by atoms with Gasteiger partial charge in [0, 0.05) is 29.3 Å². The number of aliphatic hydroxyl groups excluding tert-OH is 1. The van der Waals surface area contributed by atoms with Crippen LogP contribution in [-0.4, -0.2) is 34.3 Å². The fourth-order valence-electron chi connectivity index (χ4n) is 3.09. The number of anilines is 2. The summed E-state index contributed by atoms with van der Waals surface area (Å²) in [7, 11) is 0. The van der Waals surface area contributed by atoms with Crippen molar-refractivity contribution in [3.63, 3.8) is 0 Å². The monoisotopic (exact) mass is 404 g/mol. The molecule has 6 heteroatoms. The first-order valence-electron chi connectivity index (χ1n) is 8.71. The van der Waals surface area contributed by atoms with E-state index in [-0.39, 0.29) is 12.6 Å². The average Bonchev–Trinajstić information content (AvgIpc) is 2.58. The molecule has 25 heavy (non-hydrogen) atoms. The number of nitrogens with zero attached hydrogens (tertiary/aromatic N) is 3. The largest absolute Gasteiger partial charge is 0.394 e. The van der Waals surface area contributed by atoms with Gasteiger partial charge >= 0.3 is 0 Å². The van der Waals surface area contributed by atoms with Crippen LogP contribution in [0.25, 0.3) is 0 Å². The van der Waals surface area contributed by atoms with Gasteiger partial charge in [-0.2, -0.15) is 4.98 Å². The number of aromatic nitrogens is 2. The molecule has 3 rings (SSSR count). The molecule has 0 spiro atoms. The van der Waals surface area contributed by atoms with Gasteiger partial charge in [0.05, 0.1) is 12.6 Å². The van der Waals surface area contributed by atoms with Crippen molar-refractivity contribution in [3.05, 3.63) is 45.6 Å². The highest BCUT2D eigenvalue weighted by Gasteiger charge is 2.20. The maximum atomic E-state index is 9.55. The summed E-state index contributed by atoms with van der Waals surface area (Å²) < 4.78 is 1.11.